The van der Waals surface area contributed by atoms with Crippen LogP contribution >= 0.6 is 11.3 Å². The first kappa shape index (κ1) is 12.4. The molecule has 2 N–H and O–H groups in total. The van der Waals surface area contributed by atoms with Gasteiger partial charge in [-0.3, -0.25) is 0 Å². The van der Waals surface area contributed by atoms with Crippen LogP contribution in [0.2, 0.25) is 0 Å². The van der Waals surface area contributed by atoms with Gasteiger partial charge in [0.25, 0.3) is 0 Å². The smallest absolute Gasteiger partial charge is 0.185 e. The molecule has 3 rings (SSSR count). The van der Waals surface area contributed by atoms with Gasteiger partial charge < -0.3 is 10.6 Å². The van der Waals surface area contributed by atoms with Gasteiger partial charge in [0.2, 0.25) is 0 Å². The van der Waals surface area contributed by atoms with E-state index >= 15 is 0 Å². The third-order valence-electron chi connectivity index (χ3n) is 4.41. The van der Waals surface area contributed by atoms with E-state index in [9.17, 15) is 0 Å². The minimum atomic E-state index is 0.236. The molecule has 2 aliphatic rings. The summed E-state index contributed by atoms with van der Waals surface area (Å²) < 4.78 is 0. The van der Waals surface area contributed by atoms with E-state index in [0.717, 1.165) is 12.8 Å². The van der Waals surface area contributed by atoms with E-state index in [1.165, 1.54) is 54.2 Å². The monoisotopic (exact) mass is 265 g/mol. The molecule has 1 fully saturated rings. The molecular formula is C14H23N3S. The fourth-order valence-corrected chi connectivity index (χ4v) is 4.40. The van der Waals surface area contributed by atoms with Crippen molar-refractivity contribution in [3.63, 3.8) is 0 Å². The van der Waals surface area contributed by atoms with Gasteiger partial charge in [0.15, 0.2) is 5.13 Å². The lowest BCUT2D eigenvalue weighted by atomic mass is 9.95. The van der Waals surface area contributed by atoms with Gasteiger partial charge in [-0.2, -0.15) is 0 Å². The Bertz CT molecular complexity index is 409. The van der Waals surface area contributed by atoms with Gasteiger partial charge in [-0.05, 0) is 32.1 Å². The minimum Gasteiger partial charge on any atom is -0.348 e. The van der Waals surface area contributed by atoms with Crippen LogP contribution in [0.25, 0.3) is 0 Å². The van der Waals surface area contributed by atoms with Gasteiger partial charge in [-0.1, -0.05) is 30.6 Å². The number of aromatic nitrogens is 1. The quantitative estimate of drug-likeness (QED) is 0.892. The zero-order valence-electron chi connectivity index (χ0n) is 11.2. The first-order valence-electron chi connectivity index (χ1n) is 7.23. The van der Waals surface area contributed by atoms with E-state index in [1.807, 2.05) is 11.3 Å². The Balaban J connectivity index is 1.79. The van der Waals surface area contributed by atoms with Crippen LogP contribution in [0.5, 0.6) is 0 Å². The first-order valence-corrected chi connectivity index (χ1v) is 8.05. The highest BCUT2D eigenvalue weighted by Gasteiger charge is 2.25. The number of nitrogens with zero attached hydrogens (tertiary/aromatic N) is 2. The number of nitrogens with two attached hydrogens (primary N) is 1. The SMILES string of the molecule is CN(c1nc2c(s1)C(N)CCC2)C1CCCCC1. The second kappa shape index (κ2) is 5.17. The summed E-state index contributed by atoms with van der Waals surface area (Å²) >= 11 is 1.83. The molecule has 100 valence electrons. The summed E-state index contributed by atoms with van der Waals surface area (Å²) in [6.07, 6.45) is 10.3. The Kier molecular flexibility index (Phi) is 3.57. The van der Waals surface area contributed by atoms with Crippen LogP contribution in [0, 0.1) is 0 Å². The van der Waals surface area contributed by atoms with Gasteiger partial charge in [0.1, 0.15) is 0 Å². The summed E-state index contributed by atoms with van der Waals surface area (Å²) in [6, 6.07) is 0.933. The van der Waals surface area contributed by atoms with Crippen molar-refractivity contribution in [1.29, 1.82) is 0 Å². The average molecular weight is 265 g/mol. The summed E-state index contributed by atoms with van der Waals surface area (Å²) in [5, 5.41) is 1.20. The number of hydrogen-bond donors (Lipinski definition) is 1. The maximum absolute atomic E-state index is 6.19. The molecule has 3 nitrogen and oxygen atoms in total. The molecular weight excluding hydrogens is 242 g/mol. The molecule has 1 saturated carbocycles. The lowest BCUT2D eigenvalue weighted by Crippen LogP contribution is -2.33. The van der Waals surface area contributed by atoms with Crippen LogP contribution in [0.4, 0.5) is 5.13 Å². The number of rotatable bonds is 2. The lowest BCUT2D eigenvalue weighted by Gasteiger charge is -2.30. The van der Waals surface area contributed by atoms with Crippen molar-refractivity contribution in [2.24, 2.45) is 5.73 Å². The normalized spacial score (nSPS) is 24.9. The molecule has 0 bridgehead atoms. The van der Waals surface area contributed by atoms with Gasteiger partial charge in [-0.25, -0.2) is 4.98 Å². The topological polar surface area (TPSA) is 42.2 Å². The molecule has 1 atom stereocenters. The van der Waals surface area contributed by atoms with Crippen molar-refractivity contribution < 1.29 is 0 Å². The number of aryl methyl sites for hydroxylation is 1. The van der Waals surface area contributed by atoms with Crippen molar-refractivity contribution in [3.8, 4) is 0 Å². The van der Waals surface area contributed by atoms with E-state index in [-0.39, 0.29) is 6.04 Å². The molecule has 1 unspecified atom stereocenters. The largest absolute Gasteiger partial charge is 0.348 e. The van der Waals surface area contributed by atoms with Crippen molar-refractivity contribution >= 4 is 16.5 Å². The Hall–Kier alpha value is -0.610. The van der Waals surface area contributed by atoms with E-state index in [2.05, 4.69) is 11.9 Å². The van der Waals surface area contributed by atoms with Crippen molar-refractivity contribution in [2.45, 2.75) is 63.5 Å². The average Bonchev–Trinajstić information content (AvgIpc) is 2.84. The summed E-state index contributed by atoms with van der Waals surface area (Å²) in [4.78, 5) is 8.60. The number of fused-ring (bicyclic) bond motifs is 1. The number of thiazole rings is 1. The maximum Gasteiger partial charge on any atom is 0.185 e. The zero-order valence-corrected chi connectivity index (χ0v) is 12.0. The molecule has 0 spiro atoms. The molecule has 0 aromatic carbocycles. The predicted molar refractivity (Wildman–Crippen MR) is 77.3 cm³/mol. The molecule has 1 aromatic rings. The highest BCUT2D eigenvalue weighted by Crippen LogP contribution is 2.37. The van der Waals surface area contributed by atoms with Crippen LogP contribution < -0.4 is 10.6 Å². The van der Waals surface area contributed by atoms with Gasteiger partial charge >= 0.3 is 0 Å². The minimum absolute atomic E-state index is 0.236. The number of hydrogen-bond acceptors (Lipinski definition) is 4. The van der Waals surface area contributed by atoms with E-state index in [4.69, 9.17) is 10.7 Å². The van der Waals surface area contributed by atoms with E-state index < -0.39 is 0 Å². The fraction of sp³-hybridized carbons (Fsp3) is 0.786. The summed E-state index contributed by atoms with van der Waals surface area (Å²) in [6.45, 7) is 0. The molecule has 0 saturated heterocycles. The molecule has 2 aliphatic carbocycles. The van der Waals surface area contributed by atoms with Crippen LogP contribution in [-0.2, 0) is 6.42 Å². The van der Waals surface area contributed by atoms with Crippen molar-refractivity contribution in [3.05, 3.63) is 10.6 Å². The maximum atomic E-state index is 6.19. The zero-order chi connectivity index (χ0) is 12.5. The second-order valence-corrected chi connectivity index (χ2v) is 6.72. The van der Waals surface area contributed by atoms with Crippen LogP contribution in [0.3, 0.4) is 0 Å². The molecule has 1 aromatic heterocycles. The van der Waals surface area contributed by atoms with E-state index in [0.29, 0.717) is 6.04 Å². The molecule has 18 heavy (non-hydrogen) atoms. The van der Waals surface area contributed by atoms with Crippen molar-refractivity contribution in [1.82, 2.24) is 4.98 Å². The molecule has 0 amide bonds. The summed E-state index contributed by atoms with van der Waals surface area (Å²) in [5.74, 6) is 0. The third-order valence-corrected chi connectivity index (χ3v) is 5.73. The van der Waals surface area contributed by atoms with Gasteiger partial charge in [0, 0.05) is 24.0 Å². The second-order valence-electron chi connectivity index (χ2n) is 5.71. The Morgan fingerprint density at radius 2 is 1.94 bits per heavy atom. The Morgan fingerprint density at radius 3 is 2.67 bits per heavy atom. The molecule has 0 radical (unpaired) electrons. The van der Waals surface area contributed by atoms with Crippen LogP contribution in [0.15, 0.2) is 0 Å². The summed E-state index contributed by atoms with van der Waals surface area (Å²) in [7, 11) is 2.21. The molecule has 4 heteroatoms. The Labute approximate surface area is 113 Å². The van der Waals surface area contributed by atoms with Crippen molar-refractivity contribution in [2.75, 3.05) is 11.9 Å². The highest BCUT2D eigenvalue weighted by molar-refractivity contribution is 7.15. The number of anilines is 1. The predicted octanol–water partition coefficient (Wildman–Crippen LogP) is 3.25. The molecule has 1 heterocycles. The highest BCUT2D eigenvalue weighted by atomic mass is 32.1. The molecule has 0 aliphatic heterocycles. The van der Waals surface area contributed by atoms with Crippen LogP contribution in [0.1, 0.15) is 61.6 Å². The first-order chi connectivity index (χ1) is 8.75. The standard InChI is InChI=1S/C14H23N3S/c1-17(10-6-3-2-4-7-10)14-16-12-9-5-8-11(15)13(12)18-14/h10-11H,2-9,15H2,1H3. The van der Waals surface area contributed by atoms with Crippen LogP contribution in [-0.4, -0.2) is 18.1 Å². The lowest BCUT2D eigenvalue weighted by molar-refractivity contribution is 0.427. The summed E-state index contributed by atoms with van der Waals surface area (Å²) in [5.41, 5.74) is 7.46. The third kappa shape index (κ3) is 2.28. The Morgan fingerprint density at radius 1 is 1.17 bits per heavy atom. The van der Waals surface area contributed by atoms with Gasteiger partial charge in [-0.15, -0.1) is 0 Å². The van der Waals surface area contributed by atoms with Gasteiger partial charge in [0.05, 0.1) is 5.69 Å². The van der Waals surface area contributed by atoms with E-state index in [1.54, 1.807) is 0 Å². The fourth-order valence-electron chi connectivity index (χ4n) is 3.22.